The Kier molecular flexibility index (Phi) is 4.05. The molecule has 1 aliphatic heterocycles. The van der Waals surface area contributed by atoms with Crippen molar-refractivity contribution in [1.29, 1.82) is 5.26 Å². The van der Waals surface area contributed by atoms with E-state index in [1.165, 1.54) is 19.0 Å². The van der Waals surface area contributed by atoms with Gasteiger partial charge in [0, 0.05) is 13.1 Å². The van der Waals surface area contributed by atoms with Gasteiger partial charge in [0.1, 0.15) is 17.7 Å². The number of fused-ring (bicyclic) bond motifs is 1. The largest absolute Gasteiger partial charge is 0.345 e. The third-order valence-electron chi connectivity index (χ3n) is 5.63. The number of rotatable bonds is 4. The van der Waals surface area contributed by atoms with Gasteiger partial charge in [-0.15, -0.1) is 0 Å². The SMILES string of the molecule is N#Cc1cnc(N2CCCC2c2nc3ccccc3c(=O)n2CC2CC2)cn1. The highest BCUT2D eigenvalue weighted by atomic mass is 16.1. The lowest BCUT2D eigenvalue weighted by Crippen LogP contribution is -2.33. The van der Waals surface area contributed by atoms with Gasteiger partial charge in [-0.1, -0.05) is 12.1 Å². The molecule has 0 N–H and O–H groups in total. The lowest BCUT2D eigenvalue weighted by atomic mass is 10.1. The summed E-state index contributed by atoms with van der Waals surface area (Å²) >= 11 is 0. The van der Waals surface area contributed by atoms with Crippen molar-refractivity contribution in [3.63, 3.8) is 0 Å². The fourth-order valence-electron chi connectivity index (χ4n) is 4.01. The number of nitriles is 1. The Balaban J connectivity index is 1.62. The van der Waals surface area contributed by atoms with Crippen LogP contribution in [0.3, 0.4) is 0 Å². The highest BCUT2D eigenvalue weighted by Crippen LogP contribution is 2.36. The molecule has 1 aliphatic carbocycles. The summed E-state index contributed by atoms with van der Waals surface area (Å²) in [5.74, 6) is 2.12. The third kappa shape index (κ3) is 2.91. The van der Waals surface area contributed by atoms with Gasteiger partial charge in [-0.25, -0.2) is 15.0 Å². The average Bonchev–Trinajstić information content (AvgIpc) is 3.43. The fourth-order valence-corrected chi connectivity index (χ4v) is 4.01. The average molecular weight is 372 g/mol. The van der Waals surface area contributed by atoms with E-state index in [4.69, 9.17) is 10.2 Å². The van der Waals surface area contributed by atoms with E-state index in [-0.39, 0.29) is 11.6 Å². The summed E-state index contributed by atoms with van der Waals surface area (Å²) in [4.78, 5) is 28.9. The zero-order valence-electron chi connectivity index (χ0n) is 15.5. The highest BCUT2D eigenvalue weighted by Gasteiger charge is 2.33. The highest BCUT2D eigenvalue weighted by molar-refractivity contribution is 5.77. The molecular formula is C21H20N6O. The molecule has 3 aromatic rings. The molecule has 1 saturated carbocycles. The summed E-state index contributed by atoms with van der Waals surface area (Å²) in [5, 5.41) is 9.64. The molecule has 140 valence electrons. The van der Waals surface area contributed by atoms with Crippen molar-refractivity contribution < 1.29 is 0 Å². The Bertz CT molecular complexity index is 1130. The zero-order valence-corrected chi connectivity index (χ0v) is 15.5. The Morgan fingerprint density at radius 1 is 1.14 bits per heavy atom. The topological polar surface area (TPSA) is 87.7 Å². The van der Waals surface area contributed by atoms with Crippen LogP contribution in [0.5, 0.6) is 0 Å². The van der Waals surface area contributed by atoms with E-state index in [0.29, 0.717) is 17.0 Å². The molecule has 5 rings (SSSR count). The number of hydrogen-bond acceptors (Lipinski definition) is 6. The monoisotopic (exact) mass is 372 g/mol. The predicted octanol–water partition coefficient (Wildman–Crippen LogP) is 2.81. The molecule has 0 amide bonds. The maximum absolute atomic E-state index is 13.2. The zero-order chi connectivity index (χ0) is 19.1. The van der Waals surface area contributed by atoms with Crippen LogP contribution in [0.25, 0.3) is 10.9 Å². The number of aromatic nitrogens is 4. The van der Waals surface area contributed by atoms with E-state index in [1.807, 2.05) is 34.9 Å². The first kappa shape index (κ1) is 16.9. The maximum atomic E-state index is 13.2. The second kappa shape index (κ2) is 6.71. The van der Waals surface area contributed by atoms with Crippen LogP contribution < -0.4 is 10.5 Å². The molecule has 1 atom stereocenters. The third-order valence-corrected chi connectivity index (χ3v) is 5.63. The van der Waals surface area contributed by atoms with Crippen LogP contribution in [0.15, 0.2) is 41.5 Å². The summed E-state index contributed by atoms with van der Waals surface area (Å²) in [7, 11) is 0. The molecule has 7 nitrogen and oxygen atoms in total. The lowest BCUT2D eigenvalue weighted by Gasteiger charge is -2.27. The Labute approximate surface area is 162 Å². The van der Waals surface area contributed by atoms with Crippen LogP contribution >= 0.6 is 0 Å². The molecule has 2 aromatic heterocycles. The standard InChI is InChI=1S/C21H20N6O/c22-10-15-11-24-19(12-23-15)26-9-3-6-18(26)20-25-17-5-2-1-4-16(17)21(28)27(20)13-14-7-8-14/h1-2,4-5,11-12,14,18H,3,6-9,13H2. The predicted molar refractivity (Wildman–Crippen MR) is 105 cm³/mol. The maximum Gasteiger partial charge on any atom is 0.261 e. The van der Waals surface area contributed by atoms with Crippen molar-refractivity contribution in [2.75, 3.05) is 11.4 Å². The van der Waals surface area contributed by atoms with Gasteiger partial charge in [0.2, 0.25) is 0 Å². The van der Waals surface area contributed by atoms with E-state index in [9.17, 15) is 4.79 Å². The van der Waals surface area contributed by atoms with Crippen molar-refractivity contribution in [2.45, 2.75) is 38.3 Å². The van der Waals surface area contributed by atoms with E-state index >= 15 is 0 Å². The van der Waals surface area contributed by atoms with Crippen LogP contribution in [0, 0.1) is 17.2 Å². The van der Waals surface area contributed by atoms with Gasteiger partial charge in [-0.2, -0.15) is 5.26 Å². The van der Waals surface area contributed by atoms with Crippen LogP contribution in [0.1, 0.15) is 43.2 Å². The fraction of sp³-hybridized carbons (Fsp3) is 0.381. The minimum absolute atomic E-state index is 0.0155. The minimum atomic E-state index is -0.0155. The van der Waals surface area contributed by atoms with Gasteiger partial charge < -0.3 is 4.90 Å². The Morgan fingerprint density at radius 2 is 2.00 bits per heavy atom. The van der Waals surface area contributed by atoms with E-state index in [2.05, 4.69) is 14.9 Å². The molecule has 0 bridgehead atoms. The number of para-hydroxylation sites is 1. The van der Waals surface area contributed by atoms with Crippen LogP contribution in [-0.2, 0) is 6.54 Å². The number of nitrogens with zero attached hydrogens (tertiary/aromatic N) is 6. The van der Waals surface area contributed by atoms with Gasteiger partial charge in [-0.3, -0.25) is 9.36 Å². The molecular weight excluding hydrogens is 352 g/mol. The van der Waals surface area contributed by atoms with Gasteiger partial charge in [0.05, 0.1) is 29.3 Å². The van der Waals surface area contributed by atoms with Crippen molar-refractivity contribution in [3.05, 3.63) is 58.5 Å². The summed E-state index contributed by atoms with van der Waals surface area (Å²) in [6.45, 7) is 1.56. The number of hydrogen-bond donors (Lipinski definition) is 0. The molecule has 0 radical (unpaired) electrons. The quantitative estimate of drug-likeness (QED) is 0.700. The number of benzene rings is 1. The van der Waals surface area contributed by atoms with Gasteiger partial charge >= 0.3 is 0 Å². The van der Waals surface area contributed by atoms with Crippen molar-refractivity contribution in [1.82, 2.24) is 19.5 Å². The first-order valence-corrected chi connectivity index (χ1v) is 9.73. The summed E-state index contributed by atoms with van der Waals surface area (Å²) in [6.07, 6.45) is 7.40. The first-order valence-electron chi connectivity index (χ1n) is 9.73. The smallest absolute Gasteiger partial charge is 0.261 e. The van der Waals surface area contributed by atoms with Gasteiger partial charge in [-0.05, 0) is 43.7 Å². The van der Waals surface area contributed by atoms with E-state index in [1.54, 1.807) is 6.20 Å². The molecule has 2 aliphatic rings. The second-order valence-corrected chi connectivity index (χ2v) is 7.57. The van der Waals surface area contributed by atoms with E-state index in [0.717, 1.165) is 43.1 Å². The normalized spacial score (nSPS) is 19.1. The lowest BCUT2D eigenvalue weighted by molar-refractivity contribution is 0.526. The van der Waals surface area contributed by atoms with Gasteiger partial charge in [0.25, 0.3) is 5.56 Å². The van der Waals surface area contributed by atoms with E-state index < -0.39 is 0 Å². The summed E-state index contributed by atoms with van der Waals surface area (Å²) in [6, 6.07) is 9.56. The number of anilines is 1. The van der Waals surface area contributed by atoms with Crippen molar-refractivity contribution >= 4 is 16.7 Å². The molecule has 0 spiro atoms. The van der Waals surface area contributed by atoms with Crippen molar-refractivity contribution in [3.8, 4) is 6.07 Å². The van der Waals surface area contributed by atoms with Crippen molar-refractivity contribution in [2.24, 2.45) is 5.92 Å². The molecule has 3 heterocycles. The minimum Gasteiger partial charge on any atom is -0.345 e. The van der Waals surface area contributed by atoms with Crippen LogP contribution in [0.2, 0.25) is 0 Å². The molecule has 1 saturated heterocycles. The second-order valence-electron chi connectivity index (χ2n) is 7.57. The van der Waals surface area contributed by atoms with Gasteiger partial charge in [0.15, 0.2) is 5.69 Å². The Hall–Kier alpha value is -3.27. The molecule has 2 fully saturated rings. The molecule has 7 heteroatoms. The summed E-state index contributed by atoms with van der Waals surface area (Å²) < 4.78 is 1.89. The molecule has 1 unspecified atom stereocenters. The first-order chi connectivity index (χ1) is 13.7. The molecule has 1 aromatic carbocycles. The van der Waals surface area contributed by atoms with Crippen LogP contribution in [-0.4, -0.2) is 26.1 Å². The summed E-state index contributed by atoms with van der Waals surface area (Å²) in [5.41, 5.74) is 1.09. The Morgan fingerprint density at radius 3 is 2.75 bits per heavy atom. The van der Waals surface area contributed by atoms with Crippen LogP contribution in [0.4, 0.5) is 5.82 Å². The molecule has 28 heavy (non-hydrogen) atoms.